The SMILES string of the molecule is N#CCC[C@H](NC(=O)c1ccc(-c2ccccc2)cc1)C(=O)O. The molecule has 0 bridgehead atoms. The van der Waals surface area contributed by atoms with E-state index in [4.69, 9.17) is 10.4 Å². The summed E-state index contributed by atoms with van der Waals surface area (Å²) in [6.07, 6.45) is 0.157. The molecule has 116 valence electrons. The van der Waals surface area contributed by atoms with Crippen molar-refractivity contribution in [2.75, 3.05) is 0 Å². The smallest absolute Gasteiger partial charge is 0.326 e. The van der Waals surface area contributed by atoms with Gasteiger partial charge in [0.15, 0.2) is 0 Å². The van der Waals surface area contributed by atoms with Crippen molar-refractivity contribution in [3.63, 3.8) is 0 Å². The Bertz CT molecular complexity index is 718. The third-order valence-corrected chi connectivity index (χ3v) is 3.40. The normalized spacial score (nSPS) is 11.3. The Balaban J connectivity index is 2.08. The minimum Gasteiger partial charge on any atom is -0.480 e. The summed E-state index contributed by atoms with van der Waals surface area (Å²) in [5, 5.41) is 20.0. The average molecular weight is 308 g/mol. The van der Waals surface area contributed by atoms with Crippen LogP contribution in [0, 0.1) is 11.3 Å². The van der Waals surface area contributed by atoms with Crippen molar-refractivity contribution in [2.45, 2.75) is 18.9 Å². The first-order valence-corrected chi connectivity index (χ1v) is 7.18. The molecule has 0 saturated heterocycles. The molecular formula is C18H16N2O3. The molecule has 2 aromatic carbocycles. The van der Waals surface area contributed by atoms with Gasteiger partial charge in [-0.3, -0.25) is 4.79 Å². The molecule has 0 unspecified atom stereocenters. The van der Waals surface area contributed by atoms with Crippen LogP contribution in [-0.4, -0.2) is 23.0 Å². The first kappa shape index (κ1) is 16.2. The Morgan fingerprint density at radius 2 is 1.65 bits per heavy atom. The zero-order valence-electron chi connectivity index (χ0n) is 12.4. The minimum atomic E-state index is -1.14. The lowest BCUT2D eigenvalue weighted by Gasteiger charge is -2.13. The molecule has 5 heteroatoms. The van der Waals surface area contributed by atoms with Crippen LogP contribution in [0.1, 0.15) is 23.2 Å². The molecule has 2 rings (SSSR count). The summed E-state index contributed by atoms with van der Waals surface area (Å²) in [5.41, 5.74) is 2.39. The lowest BCUT2D eigenvalue weighted by atomic mass is 10.0. The van der Waals surface area contributed by atoms with Crippen LogP contribution < -0.4 is 5.32 Å². The third-order valence-electron chi connectivity index (χ3n) is 3.40. The van der Waals surface area contributed by atoms with E-state index in [1.807, 2.05) is 48.5 Å². The van der Waals surface area contributed by atoms with Crippen molar-refractivity contribution in [1.29, 1.82) is 5.26 Å². The summed E-state index contributed by atoms with van der Waals surface area (Å²) < 4.78 is 0. The van der Waals surface area contributed by atoms with E-state index in [0.717, 1.165) is 11.1 Å². The Hall–Kier alpha value is -3.13. The van der Waals surface area contributed by atoms with Crippen LogP contribution >= 0.6 is 0 Å². The average Bonchev–Trinajstić information content (AvgIpc) is 2.59. The second-order valence-corrected chi connectivity index (χ2v) is 5.00. The molecule has 0 aliphatic carbocycles. The molecular weight excluding hydrogens is 292 g/mol. The van der Waals surface area contributed by atoms with Gasteiger partial charge in [0.2, 0.25) is 0 Å². The van der Waals surface area contributed by atoms with Crippen molar-refractivity contribution in [1.82, 2.24) is 5.32 Å². The third kappa shape index (κ3) is 4.42. The highest BCUT2D eigenvalue weighted by molar-refractivity contribution is 5.97. The van der Waals surface area contributed by atoms with Gasteiger partial charge in [0.1, 0.15) is 6.04 Å². The van der Waals surface area contributed by atoms with E-state index >= 15 is 0 Å². The lowest BCUT2D eigenvalue weighted by molar-refractivity contribution is -0.139. The molecule has 0 saturated carbocycles. The Labute approximate surface area is 134 Å². The maximum absolute atomic E-state index is 12.1. The number of amides is 1. The molecule has 0 aliphatic rings. The van der Waals surface area contributed by atoms with E-state index in [2.05, 4.69) is 5.32 Å². The molecule has 2 N–H and O–H groups in total. The number of nitrogens with one attached hydrogen (secondary N) is 1. The zero-order chi connectivity index (χ0) is 16.7. The van der Waals surface area contributed by atoms with Crippen molar-refractivity contribution in [3.05, 3.63) is 60.2 Å². The fraction of sp³-hybridized carbons (Fsp3) is 0.167. The van der Waals surface area contributed by atoms with Crippen LogP contribution in [0.4, 0.5) is 0 Å². The predicted octanol–water partition coefficient (Wildman–Crippen LogP) is 2.84. The van der Waals surface area contributed by atoms with E-state index in [1.165, 1.54) is 0 Å². The number of carboxylic acid groups (broad SMARTS) is 1. The molecule has 5 nitrogen and oxygen atoms in total. The Morgan fingerprint density at radius 1 is 1.04 bits per heavy atom. The zero-order valence-corrected chi connectivity index (χ0v) is 12.4. The molecule has 0 heterocycles. The number of hydrogen-bond donors (Lipinski definition) is 2. The van der Waals surface area contributed by atoms with Crippen molar-refractivity contribution in [3.8, 4) is 17.2 Å². The number of benzene rings is 2. The number of nitrogens with zero attached hydrogens (tertiary/aromatic N) is 1. The van der Waals surface area contributed by atoms with Crippen molar-refractivity contribution >= 4 is 11.9 Å². The highest BCUT2D eigenvalue weighted by Gasteiger charge is 2.20. The number of carbonyl (C=O) groups excluding carboxylic acids is 1. The van der Waals surface area contributed by atoms with Crippen LogP contribution in [0.5, 0.6) is 0 Å². The highest BCUT2D eigenvalue weighted by atomic mass is 16.4. The number of rotatable bonds is 6. The Morgan fingerprint density at radius 3 is 2.22 bits per heavy atom. The number of carboxylic acids is 1. The molecule has 1 atom stereocenters. The van der Waals surface area contributed by atoms with E-state index in [1.54, 1.807) is 12.1 Å². The molecule has 0 radical (unpaired) electrons. The summed E-state index contributed by atoms with van der Waals surface area (Å²) >= 11 is 0. The largest absolute Gasteiger partial charge is 0.480 e. The molecule has 0 aliphatic heterocycles. The summed E-state index contributed by atoms with van der Waals surface area (Å²) in [6.45, 7) is 0. The number of aliphatic carboxylic acids is 1. The summed E-state index contributed by atoms with van der Waals surface area (Å²) in [7, 11) is 0. The first-order chi connectivity index (χ1) is 11.1. The molecule has 0 aromatic heterocycles. The van der Waals surface area contributed by atoms with Crippen LogP contribution in [0.3, 0.4) is 0 Å². The van der Waals surface area contributed by atoms with Crippen molar-refractivity contribution < 1.29 is 14.7 Å². The van der Waals surface area contributed by atoms with Gasteiger partial charge in [-0.2, -0.15) is 5.26 Å². The second kappa shape index (κ2) is 7.76. The summed E-state index contributed by atoms with van der Waals surface area (Å²) in [5.74, 6) is -1.61. The fourth-order valence-corrected chi connectivity index (χ4v) is 2.15. The molecule has 0 fully saturated rings. The van der Waals surface area contributed by atoms with Crippen LogP contribution in [0.15, 0.2) is 54.6 Å². The van der Waals surface area contributed by atoms with Crippen LogP contribution in [0.2, 0.25) is 0 Å². The van der Waals surface area contributed by atoms with E-state index in [9.17, 15) is 9.59 Å². The van der Waals surface area contributed by atoms with Gasteiger partial charge in [-0.05, 0) is 29.7 Å². The maximum atomic E-state index is 12.1. The van der Waals surface area contributed by atoms with Gasteiger partial charge in [0.05, 0.1) is 6.07 Å². The summed E-state index contributed by atoms with van der Waals surface area (Å²) in [6, 6.07) is 17.5. The molecule has 23 heavy (non-hydrogen) atoms. The van der Waals surface area contributed by atoms with Gasteiger partial charge in [-0.15, -0.1) is 0 Å². The molecule has 2 aromatic rings. The minimum absolute atomic E-state index is 0.0736. The van der Waals surface area contributed by atoms with Gasteiger partial charge < -0.3 is 10.4 Å². The lowest BCUT2D eigenvalue weighted by Crippen LogP contribution is -2.40. The quantitative estimate of drug-likeness (QED) is 0.858. The fourth-order valence-electron chi connectivity index (χ4n) is 2.15. The van der Waals surface area contributed by atoms with E-state index in [-0.39, 0.29) is 12.8 Å². The van der Waals surface area contributed by atoms with Crippen molar-refractivity contribution in [2.24, 2.45) is 0 Å². The van der Waals surface area contributed by atoms with E-state index < -0.39 is 17.9 Å². The monoisotopic (exact) mass is 308 g/mol. The van der Waals surface area contributed by atoms with Crippen LogP contribution in [-0.2, 0) is 4.79 Å². The second-order valence-electron chi connectivity index (χ2n) is 5.00. The maximum Gasteiger partial charge on any atom is 0.326 e. The van der Waals surface area contributed by atoms with Gasteiger partial charge in [0, 0.05) is 12.0 Å². The standard InChI is InChI=1S/C18H16N2O3/c19-12-4-7-16(18(22)23)20-17(21)15-10-8-14(9-11-15)13-5-2-1-3-6-13/h1-3,5-6,8-11,16H,4,7H2,(H,20,21)(H,22,23)/t16-/m0/s1. The molecule has 0 spiro atoms. The van der Waals surface area contributed by atoms with Crippen LogP contribution in [0.25, 0.3) is 11.1 Å². The van der Waals surface area contributed by atoms with E-state index in [0.29, 0.717) is 5.56 Å². The number of hydrogen-bond acceptors (Lipinski definition) is 3. The van der Waals surface area contributed by atoms with Gasteiger partial charge in [0.25, 0.3) is 5.91 Å². The topological polar surface area (TPSA) is 90.2 Å². The Kier molecular flexibility index (Phi) is 5.48. The highest BCUT2D eigenvalue weighted by Crippen LogP contribution is 2.19. The predicted molar refractivity (Wildman–Crippen MR) is 85.6 cm³/mol. The number of carbonyl (C=O) groups is 2. The number of nitriles is 1. The van der Waals surface area contributed by atoms with Gasteiger partial charge >= 0.3 is 5.97 Å². The van der Waals surface area contributed by atoms with Gasteiger partial charge in [-0.1, -0.05) is 42.5 Å². The van der Waals surface area contributed by atoms with Gasteiger partial charge in [-0.25, -0.2) is 4.79 Å². The molecule has 1 amide bonds. The first-order valence-electron chi connectivity index (χ1n) is 7.18. The summed E-state index contributed by atoms with van der Waals surface area (Å²) in [4.78, 5) is 23.2.